The molecular formula is C19H24N6O5. The minimum Gasteiger partial charge on any atom is -0.464 e. The molecular weight excluding hydrogens is 392 g/mol. The van der Waals surface area contributed by atoms with Gasteiger partial charge in [0, 0.05) is 6.42 Å². The first-order valence-electron chi connectivity index (χ1n) is 9.68. The van der Waals surface area contributed by atoms with Crippen molar-refractivity contribution in [1.82, 2.24) is 25.7 Å². The molecule has 1 aromatic carbocycles. The first-order chi connectivity index (χ1) is 14.3. The second kappa shape index (κ2) is 9.25. The SMILES string of the molecule is NC(=O)CCN(NC(=O)[C@H](CC1CCC1)NC(=O)c1nc2ccccc2[nH]1)C(=O)O. The predicted octanol–water partition coefficient (Wildman–Crippen LogP) is 0.738. The van der Waals surface area contributed by atoms with Crippen molar-refractivity contribution in [1.29, 1.82) is 0 Å². The summed E-state index contributed by atoms with van der Waals surface area (Å²) in [6.07, 6.45) is 1.63. The Morgan fingerprint density at radius 3 is 2.60 bits per heavy atom. The van der Waals surface area contributed by atoms with Crippen LogP contribution in [0, 0.1) is 5.92 Å². The van der Waals surface area contributed by atoms with Crippen LogP contribution in [0.5, 0.6) is 0 Å². The van der Waals surface area contributed by atoms with Gasteiger partial charge in [-0.05, 0) is 24.5 Å². The molecule has 6 N–H and O–H groups in total. The number of nitrogens with zero attached hydrogens (tertiary/aromatic N) is 2. The van der Waals surface area contributed by atoms with Gasteiger partial charge in [0.2, 0.25) is 5.91 Å². The van der Waals surface area contributed by atoms with Gasteiger partial charge in [-0.2, -0.15) is 0 Å². The number of aromatic nitrogens is 2. The summed E-state index contributed by atoms with van der Waals surface area (Å²) in [5.74, 6) is -1.62. The van der Waals surface area contributed by atoms with Gasteiger partial charge in [0.15, 0.2) is 5.82 Å². The van der Waals surface area contributed by atoms with Gasteiger partial charge in [-0.15, -0.1) is 0 Å². The molecule has 3 rings (SSSR count). The first-order valence-corrected chi connectivity index (χ1v) is 9.68. The van der Waals surface area contributed by atoms with Crippen LogP contribution in [-0.4, -0.2) is 56.5 Å². The van der Waals surface area contributed by atoms with Crippen LogP contribution < -0.4 is 16.5 Å². The van der Waals surface area contributed by atoms with E-state index in [-0.39, 0.29) is 24.7 Å². The van der Waals surface area contributed by atoms with E-state index >= 15 is 0 Å². The summed E-state index contributed by atoms with van der Waals surface area (Å²) in [7, 11) is 0. The van der Waals surface area contributed by atoms with Gasteiger partial charge in [0.25, 0.3) is 11.8 Å². The summed E-state index contributed by atoms with van der Waals surface area (Å²) in [5, 5.41) is 12.5. The van der Waals surface area contributed by atoms with E-state index in [1.165, 1.54) is 0 Å². The Labute approximate surface area is 172 Å². The number of carboxylic acid groups (broad SMARTS) is 1. The van der Waals surface area contributed by atoms with Gasteiger partial charge in [0.05, 0.1) is 17.6 Å². The largest absolute Gasteiger partial charge is 0.464 e. The molecule has 30 heavy (non-hydrogen) atoms. The number of nitrogens with two attached hydrogens (primary N) is 1. The van der Waals surface area contributed by atoms with Crippen LogP contribution in [0.1, 0.15) is 42.7 Å². The lowest BCUT2D eigenvalue weighted by Gasteiger charge is -2.30. The Morgan fingerprint density at radius 2 is 2.00 bits per heavy atom. The highest BCUT2D eigenvalue weighted by Crippen LogP contribution is 2.30. The molecule has 0 aliphatic heterocycles. The van der Waals surface area contributed by atoms with Crippen LogP contribution in [0.25, 0.3) is 11.0 Å². The number of imidazole rings is 1. The van der Waals surface area contributed by atoms with E-state index in [0.717, 1.165) is 19.3 Å². The minimum atomic E-state index is -1.43. The topological polar surface area (TPSA) is 171 Å². The second-order valence-corrected chi connectivity index (χ2v) is 7.29. The number of nitrogens with one attached hydrogen (secondary N) is 3. The maximum absolute atomic E-state index is 12.7. The number of fused-ring (bicyclic) bond motifs is 1. The van der Waals surface area contributed by atoms with Crippen molar-refractivity contribution >= 4 is 34.8 Å². The molecule has 0 saturated heterocycles. The van der Waals surface area contributed by atoms with E-state index in [4.69, 9.17) is 5.73 Å². The zero-order chi connectivity index (χ0) is 21.7. The average Bonchev–Trinajstić information content (AvgIpc) is 3.10. The summed E-state index contributed by atoms with van der Waals surface area (Å²) in [4.78, 5) is 54.8. The van der Waals surface area contributed by atoms with Gasteiger partial charge < -0.3 is 21.1 Å². The lowest BCUT2D eigenvalue weighted by Crippen LogP contribution is -2.55. The smallest absolute Gasteiger partial charge is 0.426 e. The van der Waals surface area contributed by atoms with E-state index < -0.39 is 29.9 Å². The summed E-state index contributed by atoms with van der Waals surface area (Å²) < 4.78 is 0. The highest BCUT2D eigenvalue weighted by Gasteiger charge is 2.30. The van der Waals surface area contributed by atoms with E-state index in [2.05, 4.69) is 20.7 Å². The fourth-order valence-corrected chi connectivity index (χ4v) is 3.21. The van der Waals surface area contributed by atoms with Crippen molar-refractivity contribution in [3.8, 4) is 0 Å². The van der Waals surface area contributed by atoms with Crippen molar-refractivity contribution in [2.45, 2.75) is 38.1 Å². The van der Waals surface area contributed by atoms with Crippen molar-refractivity contribution in [3.63, 3.8) is 0 Å². The van der Waals surface area contributed by atoms with Gasteiger partial charge >= 0.3 is 6.09 Å². The third kappa shape index (κ3) is 5.25. The molecule has 4 amide bonds. The first kappa shape index (κ1) is 21.1. The molecule has 160 valence electrons. The van der Waals surface area contributed by atoms with Crippen LogP contribution in [-0.2, 0) is 9.59 Å². The monoisotopic (exact) mass is 416 g/mol. The standard InChI is InChI=1S/C19H24N6O5/c20-15(26)8-9-25(19(29)30)24-17(27)14(10-11-4-3-5-11)23-18(28)16-21-12-6-1-2-7-13(12)22-16/h1-2,6-7,11,14H,3-5,8-10H2,(H2,20,26)(H,21,22)(H,23,28)(H,24,27)(H,29,30)/t14-/m0/s1. The zero-order valence-electron chi connectivity index (χ0n) is 16.3. The Hall–Kier alpha value is -3.63. The van der Waals surface area contributed by atoms with Crippen molar-refractivity contribution in [3.05, 3.63) is 30.1 Å². The van der Waals surface area contributed by atoms with Crippen LogP contribution in [0.3, 0.4) is 0 Å². The predicted molar refractivity (Wildman–Crippen MR) is 106 cm³/mol. The number of H-pyrrole nitrogens is 1. The summed E-state index contributed by atoms with van der Waals surface area (Å²) in [6.45, 7) is -0.288. The Balaban J connectivity index is 1.70. The van der Waals surface area contributed by atoms with Crippen molar-refractivity contribution < 1.29 is 24.3 Å². The maximum atomic E-state index is 12.7. The molecule has 0 unspecified atom stereocenters. The average molecular weight is 416 g/mol. The Kier molecular flexibility index (Phi) is 6.50. The molecule has 2 aromatic rings. The normalized spacial score (nSPS) is 14.5. The Morgan fingerprint density at radius 1 is 1.27 bits per heavy atom. The zero-order valence-corrected chi connectivity index (χ0v) is 16.3. The van der Waals surface area contributed by atoms with E-state index in [1.54, 1.807) is 18.2 Å². The van der Waals surface area contributed by atoms with Crippen LogP contribution in [0.4, 0.5) is 4.79 Å². The fraction of sp³-hybridized carbons (Fsp3) is 0.421. The highest BCUT2D eigenvalue weighted by molar-refractivity contribution is 5.97. The molecule has 0 radical (unpaired) electrons. The maximum Gasteiger partial charge on any atom is 0.426 e. The van der Waals surface area contributed by atoms with Crippen molar-refractivity contribution in [2.24, 2.45) is 11.7 Å². The van der Waals surface area contributed by atoms with E-state index in [9.17, 15) is 24.3 Å². The summed E-state index contributed by atoms with van der Waals surface area (Å²) in [5.41, 5.74) is 8.60. The van der Waals surface area contributed by atoms with Gasteiger partial charge in [-0.3, -0.25) is 19.8 Å². The number of carbonyl (C=O) groups is 4. The second-order valence-electron chi connectivity index (χ2n) is 7.29. The quantitative estimate of drug-likeness (QED) is 0.397. The molecule has 1 atom stereocenters. The third-order valence-electron chi connectivity index (χ3n) is 5.08. The number of rotatable bonds is 8. The lowest BCUT2D eigenvalue weighted by molar-refractivity contribution is -0.128. The van der Waals surface area contributed by atoms with Gasteiger partial charge in [0.1, 0.15) is 6.04 Å². The van der Waals surface area contributed by atoms with Gasteiger partial charge in [-0.25, -0.2) is 14.8 Å². The lowest BCUT2D eigenvalue weighted by atomic mass is 9.80. The molecule has 1 aromatic heterocycles. The van der Waals surface area contributed by atoms with Crippen LogP contribution in [0.15, 0.2) is 24.3 Å². The number of hydrazine groups is 1. The number of hydrogen-bond donors (Lipinski definition) is 5. The number of hydrogen-bond acceptors (Lipinski definition) is 5. The molecule has 1 fully saturated rings. The van der Waals surface area contributed by atoms with E-state index in [1.807, 2.05) is 6.07 Å². The minimum absolute atomic E-state index is 0.0615. The van der Waals surface area contributed by atoms with E-state index in [0.29, 0.717) is 22.5 Å². The van der Waals surface area contributed by atoms with Crippen molar-refractivity contribution in [2.75, 3.05) is 6.54 Å². The highest BCUT2D eigenvalue weighted by atomic mass is 16.4. The summed E-state index contributed by atoms with van der Waals surface area (Å²) in [6, 6.07) is 6.18. The fourth-order valence-electron chi connectivity index (χ4n) is 3.21. The number of aromatic amines is 1. The number of benzene rings is 1. The molecule has 1 aliphatic rings. The number of para-hydroxylation sites is 2. The molecule has 0 spiro atoms. The molecule has 1 aliphatic carbocycles. The molecule has 1 heterocycles. The molecule has 11 heteroatoms. The number of carbonyl (C=O) groups excluding carboxylic acids is 3. The molecule has 1 saturated carbocycles. The third-order valence-corrected chi connectivity index (χ3v) is 5.08. The molecule has 11 nitrogen and oxygen atoms in total. The number of amides is 4. The van der Waals surface area contributed by atoms with Crippen LogP contribution >= 0.6 is 0 Å². The van der Waals surface area contributed by atoms with Gasteiger partial charge in [-0.1, -0.05) is 31.4 Å². The number of primary amides is 1. The molecule has 0 bridgehead atoms. The summed E-state index contributed by atoms with van der Waals surface area (Å²) >= 11 is 0. The Bertz CT molecular complexity index is 921. The van der Waals surface area contributed by atoms with Crippen LogP contribution in [0.2, 0.25) is 0 Å².